The van der Waals surface area contributed by atoms with Gasteiger partial charge in [0.2, 0.25) is 0 Å². The molecule has 3 rings (SSSR count). The molecule has 1 heterocycles. The molecule has 0 bridgehead atoms. The van der Waals surface area contributed by atoms with Crippen LogP contribution in [-0.2, 0) is 11.2 Å². The number of carbonyl (C=O) groups excluding carboxylic acids is 1. The molecular weight excluding hydrogens is 493 g/mol. The second kappa shape index (κ2) is 11.8. The third-order valence-corrected chi connectivity index (χ3v) is 5.36. The predicted octanol–water partition coefficient (Wildman–Crippen LogP) is 3.71. The molecule has 6 nitrogen and oxygen atoms in total. The lowest BCUT2D eigenvalue weighted by molar-refractivity contribution is 0.0600. The zero-order valence-electron chi connectivity index (χ0n) is 17.8. The third-order valence-electron chi connectivity index (χ3n) is 5.36. The first-order valence-corrected chi connectivity index (χ1v) is 9.91. The Kier molecular flexibility index (Phi) is 9.42. The van der Waals surface area contributed by atoms with Crippen molar-refractivity contribution >= 4 is 35.9 Å². The number of esters is 1. The van der Waals surface area contributed by atoms with E-state index in [9.17, 15) is 4.79 Å². The maximum atomic E-state index is 11.5. The summed E-state index contributed by atoms with van der Waals surface area (Å²) in [6.45, 7) is 2.73. The molecule has 0 radical (unpaired) electrons. The van der Waals surface area contributed by atoms with E-state index in [0.717, 1.165) is 49.7 Å². The van der Waals surface area contributed by atoms with Crippen molar-refractivity contribution < 1.29 is 14.3 Å². The lowest BCUT2D eigenvalue weighted by Gasteiger charge is -2.22. The van der Waals surface area contributed by atoms with Gasteiger partial charge in [-0.25, -0.2) is 4.79 Å². The number of likely N-dealkylation sites (tertiary alicyclic amines) is 1. The molecule has 2 aromatic rings. The average molecular weight is 523 g/mol. The van der Waals surface area contributed by atoms with E-state index in [2.05, 4.69) is 27.3 Å². The van der Waals surface area contributed by atoms with Crippen molar-refractivity contribution in [3.8, 4) is 5.75 Å². The number of carbonyl (C=O) groups is 1. The van der Waals surface area contributed by atoms with Crippen LogP contribution in [0.2, 0.25) is 0 Å². The highest BCUT2D eigenvalue weighted by Gasteiger charge is 2.25. The Bertz CT molecular complexity index is 838. The van der Waals surface area contributed by atoms with Crippen LogP contribution in [0.5, 0.6) is 5.75 Å². The zero-order valence-corrected chi connectivity index (χ0v) is 20.1. The molecule has 1 atom stereocenters. The molecular formula is C23H30IN3O3. The number of nitrogens with zero attached hydrogens (tertiary/aromatic N) is 2. The average Bonchev–Trinajstić information content (AvgIpc) is 3.26. The van der Waals surface area contributed by atoms with Crippen LogP contribution in [0, 0.1) is 0 Å². The Morgan fingerprint density at radius 1 is 1.13 bits per heavy atom. The van der Waals surface area contributed by atoms with Crippen LogP contribution in [0.25, 0.3) is 0 Å². The van der Waals surface area contributed by atoms with Gasteiger partial charge in [-0.05, 0) is 48.2 Å². The first-order chi connectivity index (χ1) is 14.1. The summed E-state index contributed by atoms with van der Waals surface area (Å²) in [4.78, 5) is 18.3. The van der Waals surface area contributed by atoms with Crippen molar-refractivity contribution in [3.63, 3.8) is 0 Å². The lowest BCUT2D eigenvalue weighted by atomic mass is 9.98. The molecule has 1 N–H and O–H groups in total. The third kappa shape index (κ3) is 6.10. The lowest BCUT2D eigenvalue weighted by Crippen LogP contribution is -2.40. The highest BCUT2D eigenvalue weighted by Crippen LogP contribution is 2.28. The molecule has 0 saturated carbocycles. The van der Waals surface area contributed by atoms with Gasteiger partial charge in [-0.3, -0.25) is 4.99 Å². The molecule has 1 aliphatic rings. The van der Waals surface area contributed by atoms with Gasteiger partial charge in [0, 0.05) is 32.6 Å². The van der Waals surface area contributed by atoms with Gasteiger partial charge in [-0.15, -0.1) is 24.0 Å². The number of nitrogens with one attached hydrogen (secondary N) is 1. The molecule has 1 fully saturated rings. The van der Waals surface area contributed by atoms with Crippen LogP contribution in [0.1, 0.15) is 33.8 Å². The summed E-state index contributed by atoms with van der Waals surface area (Å²) in [6, 6.07) is 15.9. The van der Waals surface area contributed by atoms with Crippen LogP contribution in [-0.4, -0.2) is 57.7 Å². The molecule has 162 valence electrons. The van der Waals surface area contributed by atoms with Gasteiger partial charge in [-0.2, -0.15) is 0 Å². The van der Waals surface area contributed by atoms with Crippen LogP contribution in [0.3, 0.4) is 0 Å². The fourth-order valence-corrected chi connectivity index (χ4v) is 3.68. The first kappa shape index (κ1) is 24.0. The van der Waals surface area contributed by atoms with Crippen molar-refractivity contribution in [2.75, 3.05) is 40.9 Å². The van der Waals surface area contributed by atoms with Gasteiger partial charge in [0.1, 0.15) is 5.75 Å². The summed E-state index contributed by atoms with van der Waals surface area (Å²) in [7, 11) is 4.91. The Labute approximate surface area is 195 Å². The molecule has 1 aliphatic heterocycles. The standard InChI is InChI=1S/C23H29N3O3.HI/c1-24-23(25-14-12-17-4-6-19(7-5-17)22(27)29-3)26-15-13-20(16-26)18-8-10-21(28-2)11-9-18;/h4-11,20H,12-16H2,1-3H3,(H,24,25);1H. The Hall–Kier alpha value is -2.29. The SMILES string of the molecule is CN=C(NCCc1ccc(C(=O)OC)cc1)N1CCC(c2ccc(OC)cc2)C1.I. The summed E-state index contributed by atoms with van der Waals surface area (Å²) in [6.07, 6.45) is 1.97. The van der Waals surface area contributed by atoms with E-state index in [-0.39, 0.29) is 29.9 Å². The molecule has 2 aromatic carbocycles. The van der Waals surface area contributed by atoms with Crippen molar-refractivity contribution in [1.29, 1.82) is 0 Å². The normalized spacial score (nSPS) is 16.0. The molecule has 0 aliphatic carbocycles. The monoisotopic (exact) mass is 523 g/mol. The number of hydrogen-bond acceptors (Lipinski definition) is 4. The second-order valence-corrected chi connectivity index (χ2v) is 7.12. The fourth-order valence-electron chi connectivity index (χ4n) is 3.68. The molecule has 30 heavy (non-hydrogen) atoms. The fraction of sp³-hybridized carbons (Fsp3) is 0.391. The van der Waals surface area contributed by atoms with Gasteiger partial charge in [0.05, 0.1) is 19.8 Å². The van der Waals surface area contributed by atoms with Crippen molar-refractivity contribution in [1.82, 2.24) is 10.2 Å². The number of ether oxygens (including phenoxy) is 2. The summed E-state index contributed by atoms with van der Waals surface area (Å²) >= 11 is 0. The minimum absolute atomic E-state index is 0. The number of guanidine groups is 1. The minimum atomic E-state index is -0.310. The number of benzene rings is 2. The topological polar surface area (TPSA) is 63.2 Å². The minimum Gasteiger partial charge on any atom is -0.497 e. The van der Waals surface area contributed by atoms with E-state index in [1.807, 2.05) is 31.3 Å². The maximum absolute atomic E-state index is 11.5. The Morgan fingerprint density at radius 2 is 1.83 bits per heavy atom. The van der Waals surface area contributed by atoms with Crippen molar-refractivity contribution in [2.45, 2.75) is 18.8 Å². The van der Waals surface area contributed by atoms with E-state index in [1.165, 1.54) is 12.7 Å². The molecule has 0 aromatic heterocycles. The number of halogens is 1. The van der Waals surface area contributed by atoms with Gasteiger partial charge in [0.25, 0.3) is 0 Å². The summed E-state index contributed by atoms with van der Waals surface area (Å²) in [5.74, 6) is 2.02. The van der Waals surface area contributed by atoms with E-state index in [4.69, 9.17) is 9.47 Å². The van der Waals surface area contributed by atoms with Gasteiger partial charge >= 0.3 is 5.97 Å². The molecule has 1 unspecified atom stereocenters. The molecule has 1 saturated heterocycles. The maximum Gasteiger partial charge on any atom is 0.337 e. The van der Waals surface area contributed by atoms with Crippen molar-refractivity contribution in [3.05, 3.63) is 65.2 Å². The van der Waals surface area contributed by atoms with E-state index < -0.39 is 0 Å². The van der Waals surface area contributed by atoms with Gasteiger partial charge < -0.3 is 19.7 Å². The predicted molar refractivity (Wildman–Crippen MR) is 130 cm³/mol. The highest BCUT2D eigenvalue weighted by molar-refractivity contribution is 14.0. The molecule has 0 amide bonds. The quantitative estimate of drug-likeness (QED) is 0.271. The zero-order chi connectivity index (χ0) is 20.6. The second-order valence-electron chi connectivity index (χ2n) is 7.12. The van der Waals surface area contributed by atoms with E-state index in [0.29, 0.717) is 11.5 Å². The van der Waals surface area contributed by atoms with Crippen LogP contribution in [0.15, 0.2) is 53.5 Å². The first-order valence-electron chi connectivity index (χ1n) is 9.91. The number of aliphatic imine (C=N–C) groups is 1. The summed E-state index contributed by atoms with van der Waals surface area (Å²) < 4.78 is 9.98. The van der Waals surface area contributed by atoms with Crippen molar-refractivity contribution in [2.24, 2.45) is 4.99 Å². The van der Waals surface area contributed by atoms with E-state index >= 15 is 0 Å². The smallest absolute Gasteiger partial charge is 0.337 e. The van der Waals surface area contributed by atoms with E-state index in [1.54, 1.807) is 19.2 Å². The Morgan fingerprint density at radius 3 is 2.43 bits per heavy atom. The number of rotatable bonds is 6. The van der Waals surface area contributed by atoms with Gasteiger partial charge in [-0.1, -0.05) is 24.3 Å². The van der Waals surface area contributed by atoms with Crippen LogP contribution < -0.4 is 10.1 Å². The Balaban J connectivity index is 0.00000320. The molecule has 7 heteroatoms. The largest absolute Gasteiger partial charge is 0.497 e. The number of methoxy groups -OCH3 is 2. The van der Waals surface area contributed by atoms with Crippen LogP contribution in [0.4, 0.5) is 0 Å². The van der Waals surface area contributed by atoms with Crippen LogP contribution >= 0.6 is 24.0 Å². The highest BCUT2D eigenvalue weighted by atomic mass is 127. The van der Waals surface area contributed by atoms with Gasteiger partial charge in [0.15, 0.2) is 5.96 Å². The summed E-state index contributed by atoms with van der Waals surface area (Å²) in [5, 5.41) is 3.46. The number of hydrogen-bond donors (Lipinski definition) is 1. The molecule has 0 spiro atoms. The summed E-state index contributed by atoms with van der Waals surface area (Å²) in [5.41, 5.74) is 3.08.